The van der Waals surface area contributed by atoms with Crippen LogP contribution in [0.2, 0.25) is 0 Å². The minimum absolute atomic E-state index is 0.0235. The fraction of sp³-hybridized carbons (Fsp3) is 0.217. The second kappa shape index (κ2) is 10.4. The van der Waals surface area contributed by atoms with Crippen molar-refractivity contribution in [2.24, 2.45) is 5.10 Å². The number of carbonyl (C=O) groups is 1. The largest absolute Gasteiger partial charge is 0.271 e. The molecule has 0 bridgehead atoms. The van der Waals surface area contributed by atoms with Gasteiger partial charge in [0, 0.05) is 24.5 Å². The average molecular weight is 533 g/mol. The van der Waals surface area contributed by atoms with Gasteiger partial charge in [0.1, 0.15) is 6.04 Å². The Morgan fingerprint density at radius 2 is 1.49 bits per heavy atom. The highest BCUT2D eigenvalue weighted by Gasteiger charge is 2.43. The Labute approximate surface area is 208 Å². The van der Waals surface area contributed by atoms with Gasteiger partial charge >= 0.3 is 0 Å². The molecule has 1 N–H and O–H groups in total. The van der Waals surface area contributed by atoms with Crippen molar-refractivity contribution < 1.29 is 21.6 Å². The minimum atomic E-state index is -4.07. The Morgan fingerprint density at radius 1 is 0.886 bits per heavy atom. The van der Waals surface area contributed by atoms with E-state index >= 15 is 0 Å². The molecule has 0 radical (unpaired) electrons. The molecule has 4 rings (SSSR count). The maximum absolute atomic E-state index is 13.4. The summed E-state index contributed by atoms with van der Waals surface area (Å²) in [4.78, 5) is 14.2. The van der Waals surface area contributed by atoms with Crippen LogP contribution in [0.1, 0.15) is 11.8 Å². The van der Waals surface area contributed by atoms with Crippen molar-refractivity contribution in [2.45, 2.75) is 22.8 Å². The maximum atomic E-state index is 13.4. The first-order valence-electron chi connectivity index (χ1n) is 10.7. The summed E-state index contributed by atoms with van der Waals surface area (Å²) in [6.45, 7) is 1.10. The number of thiophene rings is 1. The van der Waals surface area contributed by atoms with E-state index in [-0.39, 0.29) is 29.4 Å². The van der Waals surface area contributed by atoms with Crippen LogP contribution < -0.4 is 5.43 Å². The predicted octanol–water partition coefficient (Wildman–Crippen LogP) is 2.35. The second-order valence-electron chi connectivity index (χ2n) is 7.77. The van der Waals surface area contributed by atoms with Crippen LogP contribution in [0.5, 0.6) is 0 Å². The van der Waals surface area contributed by atoms with Crippen molar-refractivity contribution >= 4 is 43.0 Å². The van der Waals surface area contributed by atoms with E-state index < -0.39 is 32.0 Å². The number of carbonyl (C=O) groups excluding carboxylic acids is 1. The average Bonchev–Trinajstić information content (AvgIpc) is 3.43. The van der Waals surface area contributed by atoms with Crippen LogP contribution in [0.4, 0.5) is 0 Å². The van der Waals surface area contributed by atoms with Gasteiger partial charge in [0.05, 0.1) is 15.5 Å². The fourth-order valence-electron chi connectivity index (χ4n) is 3.68. The quantitative estimate of drug-likeness (QED) is 0.370. The summed E-state index contributed by atoms with van der Waals surface area (Å²) < 4.78 is 55.4. The van der Waals surface area contributed by atoms with E-state index in [1.165, 1.54) is 35.6 Å². The molecule has 35 heavy (non-hydrogen) atoms. The zero-order valence-electron chi connectivity index (χ0n) is 18.8. The normalized spacial score (nSPS) is 18.3. The summed E-state index contributed by atoms with van der Waals surface area (Å²) in [6.07, 6.45) is 0. The van der Waals surface area contributed by atoms with Crippen LogP contribution in [0, 0.1) is 0 Å². The van der Waals surface area contributed by atoms with Crippen LogP contribution in [0.15, 0.2) is 93.1 Å². The molecule has 1 saturated heterocycles. The minimum Gasteiger partial charge on any atom is -0.271 e. The van der Waals surface area contributed by atoms with E-state index in [0.717, 1.165) is 13.5 Å². The van der Waals surface area contributed by atoms with E-state index in [0.29, 0.717) is 5.71 Å². The molecule has 1 aliphatic rings. The molecule has 0 spiro atoms. The Bertz CT molecular complexity index is 1410. The molecule has 0 aliphatic carbocycles. The van der Waals surface area contributed by atoms with Gasteiger partial charge in [-0.2, -0.15) is 13.7 Å². The smallest absolute Gasteiger partial charge is 0.259 e. The summed E-state index contributed by atoms with van der Waals surface area (Å²) >= 11 is 1.45. The van der Waals surface area contributed by atoms with Crippen LogP contribution in [0.25, 0.3) is 0 Å². The molecule has 2 aromatic carbocycles. The predicted molar refractivity (Wildman–Crippen MR) is 134 cm³/mol. The molecule has 1 amide bonds. The first-order chi connectivity index (χ1) is 16.7. The molecule has 1 aromatic heterocycles. The standard InChI is InChI=1S/C23H24N4O5S3/c1-18(22-13-8-16-33-22)24-25-23(28)21-17-26(34(29,30)19-9-4-2-5-10-19)14-15-27(21)35(31,32)20-11-6-3-7-12-20/h2-13,16,21H,14-15,17H2,1H3,(H,25,28)/b24-18-/t21-/m1/s1. The van der Waals surface area contributed by atoms with E-state index in [9.17, 15) is 21.6 Å². The number of nitrogens with one attached hydrogen (secondary N) is 1. The SMILES string of the molecule is C/C(=N/NC(=O)[C@H]1CN(S(=O)(=O)c2ccccc2)CCN1S(=O)(=O)c1ccccc1)c1cccs1. The molecule has 2 heterocycles. The number of nitrogens with zero attached hydrogens (tertiary/aromatic N) is 3. The first kappa shape index (κ1) is 25.2. The summed E-state index contributed by atoms with van der Waals surface area (Å²) in [5.74, 6) is -0.714. The molecule has 12 heteroatoms. The van der Waals surface area contributed by atoms with Crippen LogP contribution in [-0.4, -0.2) is 62.7 Å². The molecule has 0 unspecified atom stereocenters. The third kappa shape index (κ3) is 5.36. The highest BCUT2D eigenvalue weighted by atomic mass is 32.2. The van der Waals surface area contributed by atoms with Gasteiger partial charge < -0.3 is 0 Å². The van der Waals surface area contributed by atoms with Crippen molar-refractivity contribution in [1.29, 1.82) is 0 Å². The van der Waals surface area contributed by atoms with Gasteiger partial charge in [0.2, 0.25) is 20.0 Å². The topological polar surface area (TPSA) is 116 Å². The second-order valence-corrected chi connectivity index (χ2v) is 12.5. The van der Waals surface area contributed by atoms with Crippen LogP contribution >= 0.6 is 11.3 Å². The highest BCUT2D eigenvalue weighted by molar-refractivity contribution is 7.89. The van der Waals surface area contributed by atoms with Crippen molar-refractivity contribution in [2.75, 3.05) is 19.6 Å². The Hall–Kier alpha value is -2.90. The van der Waals surface area contributed by atoms with Gasteiger partial charge in [-0.05, 0) is 42.6 Å². The van der Waals surface area contributed by atoms with E-state index in [4.69, 9.17) is 0 Å². The van der Waals surface area contributed by atoms with E-state index in [1.54, 1.807) is 43.3 Å². The van der Waals surface area contributed by atoms with Crippen molar-refractivity contribution in [3.63, 3.8) is 0 Å². The Kier molecular flexibility index (Phi) is 7.47. The summed E-state index contributed by atoms with van der Waals surface area (Å²) in [5, 5.41) is 5.99. The molecule has 1 atom stereocenters. The van der Waals surface area contributed by atoms with Crippen molar-refractivity contribution in [1.82, 2.24) is 14.0 Å². The summed E-state index contributed by atoms with van der Waals surface area (Å²) in [5.41, 5.74) is 2.99. The third-order valence-corrected chi connectivity index (χ3v) is 10.3. The lowest BCUT2D eigenvalue weighted by molar-refractivity contribution is -0.125. The Balaban J connectivity index is 1.65. The molecule has 0 saturated carbocycles. The highest BCUT2D eigenvalue weighted by Crippen LogP contribution is 2.25. The maximum Gasteiger partial charge on any atom is 0.259 e. The zero-order chi connectivity index (χ0) is 25.1. The number of rotatable bonds is 7. The van der Waals surface area contributed by atoms with Gasteiger partial charge in [-0.3, -0.25) is 4.79 Å². The Morgan fingerprint density at radius 3 is 2.06 bits per heavy atom. The summed E-state index contributed by atoms with van der Waals surface area (Å²) in [7, 11) is -8.00. The third-order valence-electron chi connectivity index (χ3n) is 5.54. The van der Waals surface area contributed by atoms with Crippen LogP contribution in [-0.2, 0) is 24.8 Å². The number of sulfonamides is 2. The molecule has 9 nitrogen and oxygen atoms in total. The molecule has 1 fully saturated rings. The zero-order valence-corrected chi connectivity index (χ0v) is 21.3. The number of amides is 1. The first-order valence-corrected chi connectivity index (χ1v) is 14.5. The van der Waals surface area contributed by atoms with Gasteiger partial charge in [0.15, 0.2) is 0 Å². The van der Waals surface area contributed by atoms with Gasteiger partial charge in [-0.15, -0.1) is 11.3 Å². The number of hydrogen-bond donors (Lipinski definition) is 1. The molecule has 1 aliphatic heterocycles. The van der Waals surface area contributed by atoms with E-state index in [1.807, 2.05) is 17.5 Å². The van der Waals surface area contributed by atoms with Crippen molar-refractivity contribution in [3.05, 3.63) is 83.1 Å². The number of benzene rings is 2. The van der Waals surface area contributed by atoms with Gasteiger partial charge in [0.25, 0.3) is 5.91 Å². The molecular weight excluding hydrogens is 508 g/mol. The van der Waals surface area contributed by atoms with Gasteiger partial charge in [-0.1, -0.05) is 42.5 Å². The number of piperazine rings is 1. The summed E-state index contributed by atoms with van der Waals surface area (Å²) in [6, 6.07) is 18.0. The lowest BCUT2D eigenvalue weighted by atomic mass is 10.2. The fourth-order valence-corrected chi connectivity index (χ4v) is 7.41. The van der Waals surface area contributed by atoms with Crippen LogP contribution in [0.3, 0.4) is 0 Å². The van der Waals surface area contributed by atoms with Gasteiger partial charge in [-0.25, -0.2) is 22.3 Å². The van der Waals surface area contributed by atoms with E-state index in [2.05, 4.69) is 10.5 Å². The molecular formula is C23H24N4O5S3. The number of hydrazone groups is 1. The lowest BCUT2D eigenvalue weighted by Gasteiger charge is -2.38. The lowest BCUT2D eigenvalue weighted by Crippen LogP contribution is -2.60. The monoisotopic (exact) mass is 532 g/mol. The molecule has 184 valence electrons. The molecule has 3 aromatic rings. The van der Waals surface area contributed by atoms with Crippen molar-refractivity contribution in [3.8, 4) is 0 Å². The number of hydrogen-bond acceptors (Lipinski definition) is 7.